The van der Waals surface area contributed by atoms with Gasteiger partial charge in [-0.2, -0.15) is 0 Å². The summed E-state index contributed by atoms with van der Waals surface area (Å²) in [5.74, 6) is -1.03. The van der Waals surface area contributed by atoms with Crippen molar-refractivity contribution in [3.05, 3.63) is 53.1 Å². The van der Waals surface area contributed by atoms with Gasteiger partial charge in [0, 0.05) is 10.6 Å². The summed E-state index contributed by atoms with van der Waals surface area (Å²) < 4.78 is 0. The predicted octanol–water partition coefficient (Wildman–Crippen LogP) is 3.29. The van der Waals surface area contributed by atoms with Crippen LogP contribution in [0.1, 0.15) is 10.4 Å². The Morgan fingerprint density at radius 3 is 2.35 bits per heavy atom. The molecule has 0 amide bonds. The Hall–Kier alpha value is -2.00. The van der Waals surface area contributed by atoms with Crippen molar-refractivity contribution in [3.8, 4) is 11.1 Å². The molecular formula is C13H10ClNO2. The summed E-state index contributed by atoms with van der Waals surface area (Å²) >= 11 is 5.80. The van der Waals surface area contributed by atoms with Crippen molar-refractivity contribution < 1.29 is 9.90 Å². The van der Waals surface area contributed by atoms with E-state index in [1.54, 1.807) is 36.4 Å². The molecule has 0 spiro atoms. The van der Waals surface area contributed by atoms with Crippen molar-refractivity contribution in [2.45, 2.75) is 0 Å². The first-order valence-electron chi connectivity index (χ1n) is 4.97. The van der Waals surface area contributed by atoms with Gasteiger partial charge in [-0.25, -0.2) is 4.79 Å². The Morgan fingerprint density at radius 2 is 1.76 bits per heavy atom. The van der Waals surface area contributed by atoms with E-state index < -0.39 is 5.97 Å². The second-order valence-corrected chi connectivity index (χ2v) is 4.02. The van der Waals surface area contributed by atoms with Gasteiger partial charge < -0.3 is 10.8 Å². The molecule has 17 heavy (non-hydrogen) atoms. The van der Waals surface area contributed by atoms with E-state index in [0.29, 0.717) is 10.6 Å². The highest BCUT2D eigenvalue weighted by Gasteiger charge is 2.11. The second kappa shape index (κ2) is 4.47. The van der Waals surface area contributed by atoms with Crippen molar-refractivity contribution in [3.63, 3.8) is 0 Å². The van der Waals surface area contributed by atoms with E-state index in [-0.39, 0.29) is 11.3 Å². The van der Waals surface area contributed by atoms with E-state index in [0.717, 1.165) is 5.56 Å². The number of rotatable bonds is 2. The number of nitrogens with two attached hydrogens (primary N) is 1. The van der Waals surface area contributed by atoms with Gasteiger partial charge in [-0.1, -0.05) is 35.9 Å². The van der Waals surface area contributed by atoms with Gasteiger partial charge in [0.25, 0.3) is 0 Å². The lowest BCUT2D eigenvalue weighted by Crippen LogP contribution is -2.03. The third-order valence-electron chi connectivity index (χ3n) is 2.49. The number of anilines is 1. The molecule has 2 rings (SSSR count). The van der Waals surface area contributed by atoms with Crippen molar-refractivity contribution in [1.29, 1.82) is 0 Å². The van der Waals surface area contributed by atoms with Crippen LogP contribution in [-0.4, -0.2) is 11.1 Å². The number of hydrogen-bond acceptors (Lipinski definition) is 2. The first-order valence-corrected chi connectivity index (χ1v) is 5.35. The predicted molar refractivity (Wildman–Crippen MR) is 68.3 cm³/mol. The van der Waals surface area contributed by atoms with Gasteiger partial charge in [0.1, 0.15) is 0 Å². The van der Waals surface area contributed by atoms with Gasteiger partial charge in [-0.15, -0.1) is 0 Å². The molecule has 0 aromatic heterocycles. The minimum Gasteiger partial charge on any atom is -0.478 e. The molecule has 0 fully saturated rings. The topological polar surface area (TPSA) is 63.3 Å². The summed E-state index contributed by atoms with van der Waals surface area (Å²) in [4.78, 5) is 11.0. The number of carboxylic acids is 1. The number of halogens is 1. The molecule has 0 saturated heterocycles. The van der Waals surface area contributed by atoms with Gasteiger partial charge in [-0.05, 0) is 23.8 Å². The Bertz CT molecular complexity index is 564. The van der Waals surface area contributed by atoms with Crippen molar-refractivity contribution in [1.82, 2.24) is 0 Å². The standard InChI is InChI=1S/C13H10ClNO2/c14-9-6-4-8(5-7-9)10-2-1-3-11(12(10)15)13(16)17/h1-7H,15H2,(H,16,17). The molecule has 3 N–H and O–H groups in total. The Kier molecular flexibility index (Phi) is 3.02. The molecule has 4 heteroatoms. The van der Waals surface area contributed by atoms with Gasteiger partial charge in [0.2, 0.25) is 0 Å². The Balaban J connectivity index is 2.56. The molecule has 3 nitrogen and oxygen atoms in total. The third kappa shape index (κ3) is 2.24. The van der Waals surface area contributed by atoms with Crippen LogP contribution in [0.5, 0.6) is 0 Å². The first-order chi connectivity index (χ1) is 8.09. The minimum atomic E-state index is -1.03. The monoisotopic (exact) mass is 247 g/mol. The molecule has 0 aliphatic rings. The fourth-order valence-electron chi connectivity index (χ4n) is 1.63. The average Bonchev–Trinajstić information content (AvgIpc) is 2.30. The fraction of sp³-hybridized carbons (Fsp3) is 0. The van der Waals surface area contributed by atoms with Crippen LogP contribution in [0.4, 0.5) is 5.69 Å². The van der Waals surface area contributed by atoms with Crippen LogP contribution in [0.15, 0.2) is 42.5 Å². The summed E-state index contributed by atoms with van der Waals surface area (Å²) in [5, 5.41) is 9.61. The Labute approximate surface area is 103 Å². The number of benzene rings is 2. The number of carboxylic acid groups (broad SMARTS) is 1. The van der Waals surface area contributed by atoms with Crippen LogP contribution in [0.25, 0.3) is 11.1 Å². The molecule has 0 radical (unpaired) electrons. The highest BCUT2D eigenvalue weighted by Crippen LogP contribution is 2.29. The van der Waals surface area contributed by atoms with Crippen molar-refractivity contribution in [2.75, 3.05) is 5.73 Å². The number of carbonyl (C=O) groups is 1. The number of hydrogen-bond donors (Lipinski definition) is 2. The van der Waals surface area contributed by atoms with Gasteiger partial charge in [0.05, 0.1) is 11.3 Å². The van der Waals surface area contributed by atoms with Crippen LogP contribution in [0.2, 0.25) is 5.02 Å². The highest BCUT2D eigenvalue weighted by atomic mass is 35.5. The quantitative estimate of drug-likeness (QED) is 0.801. The molecule has 0 heterocycles. The maximum absolute atomic E-state index is 11.0. The zero-order chi connectivity index (χ0) is 12.4. The van der Waals surface area contributed by atoms with Crippen molar-refractivity contribution in [2.24, 2.45) is 0 Å². The number of para-hydroxylation sites is 1. The third-order valence-corrected chi connectivity index (χ3v) is 2.74. The number of nitrogen functional groups attached to an aromatic ring is 1. The molecule has 0 aliphatic carbocycles. The lowest BCUT2D eigenvalue weighted by Gasteiger charge is -2.08. The summed E-state index contributed by atoms with van der Waals surface area (Å²) in [7, 11) is 0. The molecule has 0 saturated carbocycles. The van der Waals surface area contributed by atoms with Crippen LogP contribution in [0.3, 0.4) is 0 Å². The van der Waals surface area contributed by atoms with Crippen LogP contribution >= 0.6 is 11.6 Å². The molecule has 86 valence electrons. The van der Waals surface area contributed by atoms with E-state index in [2.05, 4.69) is 0 Å². The second-order valence-electron chi connectivity index (χ2n) is 3.58. The maximum Gasteiger partial charge on any atom is 0.337 e. The van der Waals surface area contributed by atoms with Gasteiger partial charge >= 0.3 is 5.97 Å². The minimum absolute atomic E-state index is 0.109. The zero-order valence-electron chi connectivity index (χ0n) is 8.85. The summed E-state index contributed by atoms with van der Waals surface area (Å²) in [5.41, 5.74) is 7.75. The van der Waals surface area contributed by atoms with E-state index >= 15 is 0 Å². The lowest BCUT2D eigenvalue weighted by atomic mass is 10.0. The lowest BCUT2D eigenvalue weighted by molar-refractivity contribution is 0.0698. The van der Waals surface area contributed by atoms with Gasteiger partial charge in [-0.3, -0.25) is 0 Å². The van der Waals surface area contributed by atoms with Crippen molar-refractivity contribution >= 4 is 23.3 Å². The SMILES string of the molecule is Nc1c(C(=O)O)cccc1-c1ccc(Cl)cc1. The molecule has 2 aromatic rings. The molecule has 0 unspecified atom stereocenters. The summed E-state index contributed by atoms with van der Waals surface area (Å²) in [6.45, 7) is 0. The average molecular weight is 248 g/mol. The number of aromatic carboxylic acids is 1. The van der Waals surface area contributed by atoms with Crippen LogP contribution in [0, 0.1) is 0 Å². The smallest absolute Gasteiger partial charge is 0.337 e. The van der Waals surface area contributed by atoms with E-state index in [4.69, 9.17) is 22.4 Å². The maximum atomic E-state index is 11.0. The molecule has 2 aromatic carbocycles. The molecule has 0 aliphatic heterocycles. The highest BCUT2D eigenvalue weighted by molar-refractivity contribution is 6.30. The summed E-state index contributed by atoms with van der Waals surface area (Å²) in [6.07, 6.45) is 0. The Morgan fingerprint density at radius 1 is 1.12 bits per heavy atom. The molecule has 0 atom stereocenters. The molecule has 0 bridgehead atoms. The van der Waals surface area contributed by atoms with Crippen LogP contribution < -0.4 is 5.73 Å². The zero-order valence-corrected chi connectivity index (χ0v) is 9.61. The normalized spacial score (nSPS) is 10.2. The van der Waals surface area contributed by atoms with E-state index in [9.17, 15) is 4.79 Å². The van der Waals surface area contributed by atoms with Crippen LogP contribution in [-0.2, 0) is 0 Å². The van der Waals surface area contributed by atoms with Gasteiger partial charge in [0.15, 0.2) is 0 Å². The summed E-state index contributed by atoms with van der Waals surface area (Å²) in [6, 6.07) is 12.0. The largest absolute Gasteiger partial charge is 0.478 e. The van der Waals surface area contributed by atoms with E-state index in [1.807, 2.05) is 0 Å². The molecular weight excluding hydrogens is 238 g/mol. The fourth-order valence-corrected chi connectivity index (χ4v) is 1.76. The first kappa shape index (κ1) is 11.5. The van der Waals surface area contributed by atoms with E-state index in [1.165, 1.54) is 6.07 Å².